The lowest BCUT2D eigenvalue weighted by molar-refractivity contribution is 0.0950. The van der Waals surface area contributed by atoms with Gasteiger partial charge in [-0.15, -0.1) is 0 Å². The van der Waals surface area contributed by atoms with Gasteiger partial charge < -0.3 is 14.2 Å². The van der Waals surface area contributed by atoms with E-state index < -0.39 is 5.91 Å². The van der Waals surface area contributed by atoms with Gasteiger partial charge in [-0.3, -0.25) is 4.79 Å². The van der Waals surface area contributed by atoms with E-state index >= 15 is 0 Å². The topological polar surface area (TPSA) is 69.2 Å². The number of carbonyl (C=O) groups excluding carboxylic acids is 1. The molecular formula is C23H19BrCl2N2O4. The van der Waals surface area contributed by atoms with Crippen LogP contribution in [-0.4, -0.2) is 26.3 Å². The summed E-state index contributed by atoms with van der Waals surface area (Å²) in [7, 11) is 3.10. The number of hydrogen-bond donors (Lipinski definition) is 1. The van der Waals surface area contributed by atoms with Gasteiger partial charge in [-0.05, 0) is 46.3 Å². The van der Waals surface area contributed by atoms with Crippen molar-refractivity contribution in [3.63, 3.8) is 0 Å². The first kappa shape index (κ1) is 23.9. The standard InChI is InChI=1S/C23H19BrCl2N2O4/c1-30-21-11-22(31-2)18(24)9-15(21)12-27-28-23(29)17-5-3-4-6-20(17)32-13-14-7-8-16(25)10-19(14)26/h3-12H,13H2,1-2H3,(H,28,29)/b27-12+. The minimum absolute atomic E-state index is 0.181. The van der Waals surface area contributed by atoms with Gasteiger partial charge >= 0.3 is 0 Å². The summed E-state index contributed by atoms with van der Waals surface area (Å²) in [5, 5.41) is 5.08. The minimum Gasteiger partial charge on any atom is -0.496 e. The lowest BCUT2D eigenvalue weighted by Gasteiger charge is -2.12. The number of nitrogens with one attached hydrogen (secondary N) is 1. The summed E-state index contributed by atoms with van der Waals surface area (Å²) in [5.41, 5.74) is 4.25. The Morgan fingerprint density at radius 3 is 2.50 bits per heavy atom. The second-order valence-electron chi connectivity index (χ2n) is 6.45. The number of carbonyl (C=O) groups is 1. The van der Waals surface area contributed by atoms with E-state index in [0.717, 1.165) is 10.0 Å². The van der Waals surface area contributed by atoms with Gasteiger partial charge in [0.05, 0.1) is 30.5 Å². The van der Waals surface area contributed by atoms with Crippen LogP contribution < -0.4 is 19.6 Å². The third kappa shape index (κ3) is 5.94. The van der Waals surface area contributed by atoms with E-state index in [1.54, 1.807) is 68.8 Å². The van der Waals surface area contributed by atoms with E-state index in [1.165, 1.54) is 6.21 Å². The Balaban J connectivity index is 1.72. The minimum atomic E-state index is -0.425. The number of amides is 1. The Hall–Kier alpha value is -2.74. The molecule has 3 aromatic rings. The van der Waals surface area contributed by atoms with Crippen LogP contribution in [0.5, 0.6) is 17.2 Å². The van der Waals surface area contributed by atoms with Crippen LogP contribution in [0.2, 0.25) is 10.0 Å². The summed E-state index contributed by atoms with van der Waals surface area (Å²) in [6.07, 6.45) is 1.48. The Morgan fingerprint density at radius 2 is 1.78 bits per heavy atom. The van der Waals surface area contributed by atoms with Crippen LogP contribution in [0.25, 0.3) is 0 Å². The molecular weight excluding hydrogens is 519 g/mol. The molecule has 32 heavy (non-hydrogen) atoms. The van der Waals surface area contributed by atoms with Crippen molar-refractivity contribution in [2.24, 2.45) is 5.10 Å². The molecule has 0 spiro atoms. The summed E-state index contributed by atoms with van der Waals surface area (Å²) >= 11 is 15.5. The molecule has 3 rings (SSSR count). The molecule has 0 unspecified atom stereocenters. The molecule has 166 valence electrons. The van der Waals surface area contributed by atoms with E-state index in [9.17, 15) is 4.79 Å². The summed E-state index contributed by atoms with van der Waals surface area (Å²) < 4.78 is 17.2. The monoisotopic (exact) mass is 536 g/mol. The quantitative estimate of drug-likeness (QED) is 0.278. The molecule has 0 saturated carbocycles. The third-order valence-corrected chi connectivity index (χ3v) is 5.61. The second kappa shape index (κ2) is 11.2. The number of hydrogen-bond acceptors (Lipinski definition) is 5. The molecule has 1 N–H and O–H groups in total. The first-order valence-corrected chi connectivity index (χ1v) is 10.9. The number of ether oxygens (including phenoxy) is 3. The Kier molecular flexibility index (Phi) is 8.39. The van der Waals surface area contributed by atoms with Crippen molar-refractivity contribution in [1.29, 1.82) is 0 Å². The van der Waals surface area contributed by atoms with Crippen molar-refractivity contribution in [3.05, 3.63) is 85.8 Å². The predicted octanol–water partition coefficient (Wildman–Crippen LogP) is 6.12. The zero-order valence-corrected chi connectivity index (χ0v) is 20.3. The fraction of sp³-hybridized carbons (Fsp3) is 0.130. The van der Waals surface area contributed by atoms with Crippen LogP contribution in [0, 0.1) is 0 Å². The number of halogens is 3. The molecule has 6 nitrogen and oxygen atoms in total. The first-order valence-electron chi connectivity index (χ1n) is 9.33. The third-order valence-electron chi connectivity index (χ3n) is 4.40. The lowest BCUT2D eigenvalue weighted by Crippen LogP contribution is -2.18. The molecule has 0 aliphatic heterocycles. The summed E-state index contributed by atoms with van der Waals surface area (Å²) in [4.78, 5) is 12.7. The fourth-order valence-corrected chi connectivity index (χ4v) is 3.77. The Labute approximate surface area is 204 Å². The summed E-state index contributed by atoms with van der Waals surface area (Å²) in [6, 6.07) is 15.5. The van der Waals surface area contributed by atoms with Crippen LogP contribution in [0.4, 0.5) is 0 Å². The molecule has 0 radical (unpaired) electrons. The molecule has 0 aliphatic rings. The number of nitrogens with zero attached hydrogens (tertiary/aromatic N) is 1. The second-order valence-corrected chi connectivity index (χ2v) is 8.15. The Bertz CT molecular complexity index is 1150. The van der Waals surface area contributed by atoms with Gasteiger partial charge in [0.2, 0.25) is 0 Å². The molecule has 1 amide bonds. The maximum Gasteiger partial charge on any atom is 0.275 e. The molecule has 0 atom stereocenters. The van der Waals surface area contributed by atoms with Crippen LogP contribution in [0.1, 0.15) is 21.5 Å². The zero-order chi connectivity index (χ0) is 23.1. The Morgan fingerprint density at radius 1 is 1.03 bits per heavy atom. The normalized spacial score (nSPS) is 10.8. The van der Waals surface area contributed by atoms with Crippen molar-refractivity contribution < 1.29 is 19.0 Å². The first-order chi connectivity index (χ1) is 15.4. The average Bonchev–Trinajstić information content (AvgIpc) is 2.79. The van der Waals surface area contributed by atoms with Crippen LogP contribution in [-0.2, 0) is 6.61 Å². The molecule has 9 heteroatoms. The molecule has 0 fully saturated rings. The lowest BCUT2D eigenvalue weighted by atomic mass is 10.2. The van der Waals surface area contributed by atoms with Gasteiger partial charge in [0, 0.05) is 27.2 Å². The SMILES string of the molecule is COc1cc(OC)c(/C=N/NC(=O)c2ccccc2OCc2ccc(Cl)cc2Cl)cc1Br. The average molecular weight is 538 g/mol. The van der Waals surface area contributed by atoms with Crippen molar-refractivity contribution in [2.45, 2.75) is 6.61 Å². The number of benzene rings is 3. The molecule has 0 aliphatic carbocycles. The van der Waals surface area contributed by atoms with Crippen molar-refractivity contribution in [2.75, 3.05) is 14.2 Å². The van der Waals surface area contributed by atoms with Crippen LogP contribution >= 0.6 is 39.1 Å². The fourth-order valence-electron chi connectivity index (χ4n) is 2.78. The smallest absolute Gasteiger partial charge is 0.275 e. The highest BCUT2D eigenvalue weighted by atomic mass is 79.9. The number of para-hydroxylation sites is 1. The molecule has 0 aromatic heterocycles. The van der Waals surface area contributed by atoms with Gasteiger partial charge in [-0.25, -0.2) is 5.43 Å². The van der Waals surface area contributed by atoms with Crippen molar-refractivity contribution in [1.82, 2.24) is 5.43 Å². The van der Waals surface area contributed by atoms with Crippen molar-refractivity contribution in [3.8, 4) is 17.2 Å². The van der Waals surface area contributed by atoms with Crippen LogP contribution in [0.3, 0.4) is 0 Å². The van der Waals surface area contributed by atoms with E-state index in [-0.39, 0.29) is 6.61 Å². The maximum absolute atomic E-state index is 12.7. The zero-order valence-electron chi connectivity index (χ0n) is 17.2. The van der Waals surface area contributed by atoms with Gasteiger partial charge in [0.25, 0.3) is 5.91 Å². The van der Waals surface area contributed by atoms with Crippen LogP contribution in [0.15, 0.2) is 64.2 Å². The molecule has 3 aromatic carbocycles. The number of rotatable bonds is 8. The highest BCUT2D eigenvalue weighted by Gasteiger charge is 2.13. The van der Waals surface area contributed by atoms with Gasteiger partial charge in [0.15, 0.2) is 0 Å². The summed E-state index contributed by atoms with van der Waals surface area (Å²) in [5.74, 6) is 1.14. The highest BCUT2D eigenvalue weighted by molar-refractivity contribution is 9.10. The highest BCUT2D eigenvalue weighted by Crippen LogP contribution is 2.32. The number of hydrazone groups is 1. The molecule has 0 saturated heterocycles. The molecule has 0 heterocycles. The van der Waals surface area contributed by atoms with Gasteiger partial charge in [-0.2, -0.15) is 5.10 Å². The van der Waals surface area contributed by atoms with E-state index in [2.05, 4.69) is 26.5 Å². The largest absolute Gasteiger partial charge is 0.496 e. The maximum atomic E-state index is 12.7. The molecule has 0 bridgehead atoms. The summed E-state index contributed by atoms with van der Waals surface area (Å²) in [6.45, 7) is 0.181. The van der Waals surface area contributed by atoms with E-state index in [4.69, 9.17) is 37.4 Å². The number of methoxy groups -OCH3 is 2. The van der Waals surface area contributed by atoms with Gasteiger partial charge in [-0.1, -0.05) is 41.4 Å². The predicted molar refractivity (Wildman–Crippen MR) is 130 cm³/mol. The van der Waals surface area contributed by atoms with Crippen molar-refractivity contribution >= 4 is 51.3 Å². The van der Waals surface area contributed by atoms with E-state index in [1.807, 2.05) is 0 Å². The van der Waals surface area contributed by atoms with E-state index in [0.29, 0.717) is 38.4 Å². The van der Waals surface area contributed by atoms with Gasteiger partial charge in [0.1, 0.15) is 23.9 Å².